The van der Waals surface area contributed by atoms with Gasteiger partial charge in [0.05, 0.1) is 0 Å². The summed E-state index contributed by atoms with van der Waals surface area (Å²) in [4.78, 5) is 0. The molecule has 0 aromatic heterocycles. The molecule has 0 aliphatic heterocycles. The molecule has 2 aliphatic rings. The van der Waals surface area contributed by atoms with Gasteiger partial charge in [-0.2, -0.15) is 0 Å². The topological polar surface area (TPSA) is 0 Å². The zero-order valence-electron chi connectivity index (χ0n) is 4.93. The summed E-state index contributed by atoms with van der Waals surface area (Å²) in [5.74, 6) is 0. The third kappa shape index (κ3) is 0.525. The van der Waals surface area contributed by atoms with Crippen molar-refractivity contribution in [1.29, 1.82) is 0 Å². The van der Waals surface area contributed by atoms with Gasteiger partial charge in [0.25, 0.3) is 0 Å². The van der Waals surface area contributed by atoms with Crippen molar-refractivity contribution in [3.63, 3.8) is 0 Å². The van der Waals surface area contributed by atoms with Gasteiger partial charge in [-0.15, -0.1) is 0 Å². The maximum atomic E-state index is 2.35. The molecule has 0 nitrogen and oxygen atoms in total. The summed E-state index contributed by atoms with van der Waals surface area (Å²) in [5.41, 5.74) is 0.661. The summed E-state index contributed by atoms with van der Waals surface area (Å²) in [5, 5.41) is 0. The molecular formula is C8H10. The van der Waals surface area contributed by atoms with E-state index in [2.05, 4.69) is 24.3 Å². The van der Waals surface area contributed by atoms with Crippen LogP contribution in [0.3, 0.4) is 0 Å². The average Bonchev–Trinajstić information content (AvgIpc) is 2.52. The molecule has 0 aromatic rings. The third-order valence-corrected chi connectivity index (χ3v) is 2.11. The lowest BCUT2D eigenvalue weighted by Crippen LogP contribution is -1.94. The molecule has 1 fully saturated rings. The van der Waals surface area contributed by atoms with Gasteiger partial charge in [0.15, 0.2) is 0 Å². The Balaban J connectivity index is 2.20. The van der Waals surface area contributed by atoms with Crippen LogP contribution in [0.2, 0.25) is 0 Å². The van der Waals surface area contributed by atoms with E-state index < -0.39 is 0 Å². The van der Waals surface area contributed by atoms with Crippen LogP contribution in [0.4, 0.5) is 0 Å². The normalized spacial score (nSPS) is 29.0. The minimum Gasteiger partial charge on any atom is -0.0837 e. The van der Waals surface area contributed by atoms with Crippen LogP contribution in [0.15, 0.2) is 24.3 Å². The molecule has 0 heterocycles. The number of hydrogen-bond donors (Lipinski definition) is 0. The standard InChI is InChI=1S/C8H10/c1-2-4-8(5-3-1)6-7-8/h1-4H,5-7H2. The Kier molecular flexibility index (Phi) is 0.682. The van der Waals surface area contributed by atoms with Crippen molar-refractivity contribution in [1.82, 2.24) is 0 Å². The number of rotatable bonds is 0. The maximum absolute atomic E-state index is 2.35. The lowest BCUT2D eigenvalue weighted by Gasteiger charge is -2.07. The van der Waals surface area contributed by atoms with E-state index in [0.717, 1.165) is 0 Å². The smallest absolute Gasteiger partial charge is 0.00799 e. The first kappa shape index (κ1) is 4.37. The van der Waals surface area contributed by atoms with Crippen molar-refractivity contribution in [2.45, 2.75) is 19.3 Å². The van der Waals surface area contributed by atoms with E-state index in [1.54, 1.807) is 0 Å². The van der Waals surface area contributed by atoms with E-state index in [1.807, 2.05) is 0 Å². The molecule has 2 rings (SSSR count). The van der Waals surface area contributed by atoms with Gasteiger partial charge >= 0.3 is 0 Å². The molecule has 0 saturated heterocycles. The van der Waals surface area contributed by atoms with Crippen molar-refractivity contribution in [3.8, 4) is 0 Å². The molecule has 0 bridgehead atoms. The van der Waals surface area contributed by atoms with E-state index in [1.165, 1.54) is 19.3 Å². The molecule has 0 heteroatoms. The van der Waals surface area contributed by atoms with Crippen LogP contribution in [0.1, 0.15) is 19.3 Å². The van der Waals surface area contributed by atoms with E-state index in [-0.39, 0.29) is 0 Å². The Morgan fingerprint density at radius 1 is 1.12 bits per heavy atom. The summed E-state index contributed by atoms with van der Waals surface area (Å²) in [6.07, 6.45) is 13.1. The molecule has 1 saturated carbocycles. The molecule has 2 aliphatic carbocycles. The average molecular weight is 106 g/mol. The second-order valence-electron chi connectivity index (χ2n) is 2.85. The summed E-state index contributed by atoms with van der Waals surface area (Å²) >= 11 is 0. The van der Waals surface area contributed by atoms with Crippen molar-refractivity contribution < 1.29 is 0 Å². The van der Waals surface area contributed by atoms with Crippen molar-refractivity contribution in [3.05, 3.63) is 24.3 Å². The fourth-order valence-corrected chi connectivity index (χ4v) is 1.24. The lowest BCUT2D eigenvalue weighted by atomic mass is 9.98. The van der Waals surface area contributed by atoms with Gasteiger partial charge in [-0.25, -0.2) is 0 Å². The van der Waals surface area contributed by atoms with Crippen molar-refractivity contribution in [2.24, 2.45) is 5.41 Å². The molecular weight excluding hydrogens is 96.1 g/mol. The van der Waals surface area contributed by atoms with Crippen LogP contribution in [0.5, 0.6) is 0 Å². The Hall–Kier alpha value is -0.520. The molecule has 0 N–H and O–H groups in total. The van der Waals surface area contributed by atoms with Crippen molar-refractivity contribution in [2.75, 3.05) is 0 Å². The summed E-state index contributed by atoms with van der Waals surface area (Å²) in [6, 6.07) is 0. The maximum Gasteiger partial charge on any atom is -0.00799 e. The molecule has 0 atom stereocenters. The highest BCUT2D eigenvalue weighted by molar-refractivity contribution is 5.21. The second kappa shape index (κ2) is 1.25. The summed E-state index contributed by atoms with van der Waals surface area (Å²) in [6.45, 7) is 0. The van der Waals surface area contributed by atoms with E-state index >= 15 is 0 Å². The first-order valence-corrected chi connectivity index (χ1v) is 3.26. The SMILES string of the molecule is C1=CCC2(C=C1)CC2. The van der Waals surface area contributed by atoms with Gasteiger partial charge in [0.1, 0.15) is 0 Å². The fourth-order valence-electron chi connectivity index (χ4n) is 1.24. The van der Waals surface area contributed by atoms with E-state index in [4.69, 9.17) is 0 Å². The molecule has 42 valence electrons. The Morgan fingerprint density at radius 3 is 2.38 bits per heavy atom. The fraction of sp³-hybridized carbons (Fsp3) is 0.500. The first-order valence-electron chi connectivity index (χ1n) is 3.26. The Bertz CT molecular complexity index is 147. The molecule has 8 heavy (non-hydrogen) atoms. The summed E-state index contributed by atoms with van der Waals surface area (Å²) < 4.78 is 0. The molecule has 0 unspecified atom stereocenters. The van der Waals surface area contributed by atoms with Crippen LogP contribution >= 0.6 is 0 Å². The first-order chi connectivity index (χ1) is 3.91. The second-order valence-corrected chi connectivity index (χ2v) is 2.85. The largest absolute Gasteiger partial charge is 0.0837 e. The minimum atomic E-state index is 0.661. The van der Waals surface area contributed by atoms with Crippen LogP contribution in [-0.2, 0) is 0 Å². The highest BCUT2D eigenvalue weighted by Crippen LogP contribution is 2.51. The molecule has 0 aromatic carbocycles. The summed E-state index contributed by atoms with van der Waals surface area (Å²) in [7, 11) is 0. The lowest BCUT2D eigenvalue weighted by molar-refractivity contribution is 0.659. The monoisotopic (exact) mass is 106 g/mol. The Labute approximate surface area is 49.9 Å². The molecule has 0 radical (unpaired) electrons. The molecule has 0 amide bonds. The van der Waals surface area contributed by atoms with Crippen LogP contribution < -0.4 is 0 Å². The number of allylic oxidation sites excluding steroid dienone is 4. The van der Waals surface area contributed by atoms with Gasteiger partial charge in [0, 0.05) is 0 Å². The van der Waals surface area contributed by atoms with E-state index in [0.29, 0.717) is 5.41 Å². The molecule has 1 spiro atoms. The predicted molar refractivity (Wildman–Crippen MR) is 34.6 cm³/mol. The zero-order valence-corrected chi connectivity index (χ0v) is 4.93. The highest BCUT2D eigenvalue weighted by atomic mass is 14.4. The van der Waals surface area contributed by atoms with E-state index in [9.17, 15) is 0 Å². The predicted octanol–water partition coefficient (Wildman–Crippen LogP) is 2.28. The minimum absolute atomic E-state index is 0.661. The number of hydrogen-bond acceptors (Lipinski definition) is 0. The van der Waals surface area contributed by atoms with Gasteiger partial charge in [-0.3, -0.25) is 0 Å². The van der Waals surface area contributed by atoms with Gasteiger partial charge in [-0.05, 0) is 24.7 Å². The third-order valence-electron chi connectivity index (χ3n) is 2.11. The van der Waals surface area contributed by atoms with Gasteiger partial charge < -0.3 is 0 Å². The van der Waals surface area contributed by atoms with Crippen LogP contribution in [0.25, 0.3) is 0 Å². The van der Waals surface area contributed by atoms with Crippen LogP contribution in [0, 0.1) is 5.41 Å². The van der Waals surface area contributed by atoms with Gasteiger partial charge in [-0.1, -0.05) is 24.3 Å². The zero-order chi connectivity index (χ0) is 5.45. The quantitative estimate of drug-likeness (QED) is 0.444. The van der Waals surface area contributed by atoms with Crippen molar-refractivity contribution >= 4 is 0 Å². The Morgan fingerprint density at radius 2 is 2.00 bits per heavy atom. The van der Waals surface area contributed by atoms with Crippen LogP contribution in [-0.4, -0.2) is 0 Å². The highest BCUT2D eigenvalue weighted by Gasteiger charge is 2.38. The van der Waals surface area contributed by atoms with Gasteiger partial charge in [0.2, 0.25) is 0 Å².